The minimum Gasteiger partial charge on any atom is -0.345 e. The van der Waals surface area contributed by atoms with Crippen molar-refractivity contribution in [2.75, 3.05) is 5.75 Å². The van der Waals surface area contributed by atoms with Gasteiger partial charge in [-0.15, -0.1) is 22.0 Å². The number of thioether (sulfide) groups is 1. The number of hydrogen-bond donors (Lipinski definition) is 2. The van der Waals surface area contributed by atoms with E-state index in [0.717, 1.165) is 0 Å². The van der Waals surface area contributed by atoms with Crippen LogP contribution < -0.4 is 5.32 Å². The van der Waals surface area contributed by atoms with E-state index >= 15 is 0 Å². The van der Waals surface area contributed by atoms with Gasteiger partial charge in [0.25, 0.3) is 0 Å². The third kappa shape index (κ3) is 4.61. The monoisotopic (exact) mass is 243 g/mol. The second-order valence-electron chi connectivity index (χ2n) is 4.46. The van der Waals surface area contributed by atoms with Gasteiger partial charge in [0.1, 0.15) is 0 Å². The Balaban J connectivity index is 2.35. The van der Waals surface area contributed by atoms with Gasteiger partial charge in [0.15, 0.2) is 5.82 Å². The van der Waals surface area contributed by atoms with Crippen molar-refractivity contribution < 1.29 is 4.79 Å². The quantitative estimate of drug-likeness (QED) is 0.821. The molecule has 0 aliphatic rings. The Morgan fingerprint density at radius 1 is 1.56 bits per heavy atom. The molecule has 1 heterocycles. The van der Waals surface area contributed by atoms with E-state index in [4.69, 9.17) is 0 Å². The number of H-pyrrole nitrogens is 1. The number of carbonyl (C=O) groups excluding carboxylic acids is 1. The van der Waals surface area contributed by atoms with Gasteiger partial charge in [-0.05, 0) is 6.92 Å². The Kier molecular flexibility index (Phi) is 4.28. The molecular formula is C9H17N5OS. The third-order valence-electron chi connectivity index (χ3n) is 1.76. The zero-order valence-corrected chi connectivity index (χ0v) is 10.8. The number of nitrogens with zero attached hydrogens (tertiary/aromatic N) is 3. The number of amides is 1. The van der Waals surface area contributed by atoms with Crippen molar-refractivity contribution in [3.63, 3.8) is 0 Å². The molecule has 1 rings (SSSR count). The van der Waals surface area contributed by atoms with Crippen molar-refractivity contribution in [1.82, 2.24) is 25.9 Å². The van der Waals surface area contributed by atoms with Crippen LogP contribution in [0, 0.1) is 0 Å². The maximum absolute atomic E-state index is 11.6. The maximum Gasteiger partial charge on any atom is 0.230 e. The van der Waals surface area contributed by atoms with E-state index < -0.39 is 0 Å². The van der Waals surface area contributed by atoms with Crippen LogP contribution >= 0.6 is 11.8 Å². The van der Waals surface area contributed by atoms with Gasteiger partial charge in [0.2, 0.25) is 5.91 Å². The van der Waals surface area contributed by atoms with E-state index in [2.05, 4.69) is 46.7 Å². The van der Waals surface area contributed by atoms with Crippen LogP contribution in [0.2, 0.25) is 0 Å². The van der Waals surface area contributed by atoms with E-state index in [9.17, 15) is 4.79 Å². The number of aromatic amines is 1. The summed E-state index contributed by atoms with van der Waals surface area (Å²) in [6.07, 6.45) is 0. The summed E-state index contributed by atoms with van der Waals surface area (Å²) in [6.45, 7) is 8.05. The number of hydrogen-bond acceptors (Lipinski definition) is 5. The first-order valence-corrected chi connectivity index (χ1v) is 6.04. The highest BCUT2D eigenvalue weighted by molar-refractivity contribution is 8.01. The van der Waals surface area contributed by atoms with E-state index in [1.165, 1.54) is 0 Å². The van der Waals surface area contributed by atoms with Crippen molar-refractivity contribution >= 4 is 17.7 Å². The fraction of sp³-hybridized carbons (Fsp3) is 0.778. The number of aromatic nitrogens is 4. The summed E-state index contributed by atoms with van der Waals surface area (Å²) in [5, 5.41) is 16.2. The Hall–Kier alpha value is -1.11. The molecule has 2 N–H and O–H groups in total. The summed E-state index contributed by atoms with van der Waals surface area (Å²) in [7, 11) is 0. The average Bonchev–Trinajstić information content (AvgIpc) is 2.66. The summed E-state index contributed by atoms with van der Waals surface area (Å²) >= 11 is 1.60. The minimum absolute atomic E-state index is 0.0165. The first-order valence-electron chi connectivity index (χ1n) is 5.05. The van der Waals surface area contributed by atoms with E-state index in [1.54, 1.807) is 11.8 Å². The Morgan fingerprint density at radius 2 is 2.25 bits per heavy atom. The first-order chi connectivity index (χ1) is 7.38. The lowest BCUT2D eigenvalue weighted by Crippen LogP contribution is -2.30. The standard InChI is InChI=1S/C9H17N5OS/c1-6(8-11-13-14-12-8)10-7(15)5-16-9(2,3)4/h6H,5H2,1-4H3,(H,10,15)(H,11,12,13,14). The molecule has 0 aliphatic carbocycles. The fourth-order valence-corrected chi connectivity index (χ4v) is 1.63. The molecule has 1 unspecified atom stereocenters. The molecule has 0 saturated carbocycles. The van der Waals surface area contributed by atoms with Crippen molar-refractivity contribution in [3.05, 3.63) is 5.82 Å². The zero-order chi connectivity index (χ0) is 12.2. The molecule has 0 aromatic carbocycles. The molecule has 0 radical (unpaired) electrons. The van der Waals surface area contributed by atoms with E-state index in [1.807, 2.05) is 6.92 Å². The SMILES string of the molecule is CC(NC(=O)CSC(C)(C)C)c1nn[nH]n1. The number of nitrogens with one attached hydrogen (secondary N) is 2. The summed E-state index contributed by atoms with van der Waals surface area (Å²) in [5.74, 6) is 0.914. The van der Waals surface area contributed by atoms with Crippen molar-refractivity contribution in [2.45, 2.75) is 38.5 Å². The predicted octanol–water partition coefficient (Wildman–Crippen LogP) is 0.909. The lowest BCUT2D eigenvalue weighted by Gasteiger charge is -2.17. The molecule has 1 amide bonds. The molecule has 1 atom stereocenters. The number of rotatable bonds is 4. The molecule has 0 bridgehead atoms. The maximum atomic E-state index is 11.6. The van der Waals surface area contributed by atoms with Crippen LogP contribution in [0.1, 0.15) is 39.6 Å². The van der Waals surface area contributed by atoms with Crippen LogP contribution in [0.5, 0.6) is 0 Å². The predicted molar refractivity (Wildman–Crippen MR) is 62.9 cm³/mol. The second kappa shape index (κ2) is 5.29. The number of tetrazole rings is 1. The first kappa shape index (κ1) is 13.0. The molecular weight excluding hydrogens is 226 g/mol. The normalized spacial score (nSPS) is 13.5. The summed E-state index contributed by atoms with van der Waals surface area (Å²) in [4.78, 5) is 11.6. The highest BCUT2D eigenvalue weighted by Gasteiger charge is 2.16. The van der Waals surface area contributed by atoms with Crippen molar-refractivity contribution in [1.29, 1.82) is 0 Å². The lowest BCUT2D eigenvalue weighted by molar-refractivity contribution is -0.119. The molecule has 0 aliphatic heterocycles. The smallest absolute Gasteiger partial charge is 0.230 e. The van der Waals surface area contributed by atoms with Crippen LogP contribution in [0.15, 0.2) is 0 Å². The molecule has 90 valence electrons. The van der Waals surface area contributed by atoms with E-state index in [-0.39, 0.29) is 16.7 Å². The summed E-state index contributed by atoms with van der Waals surface area (Å²) in [6, 6.07) is -0.216. The molecule has 0 spiro atoms. The largest absolute Gasteiger partial charge is 0.345 e. The second-order valence-corrected chi connectivity index (χ2v) is 6.26. The summed E-state index contributed by atoms with van der Waals surface area (Å²) < 4.78 is 0.0900. The number of carbonyl (C=O) groups is 1. The van der Waals surface area contributed by atoms with Gasteiger partial charge in [-0.1, -0.05) is 26.0 Å². The summed E-state index contributed by atoms with van der Waals surface area (Å²) in [5.41, 5.74) is 0. The van der Waals surface area contributed by atoms with Crippen LogP contribution in [-0.2, 0) is 4.79 Å². The van der Waals surface area contributed by atoms with Gasteiger partial charge >= 0.3 is 0 Å². The van der Waals surface area contributed by atoms with Gasteiger partial charge in [0.05, 0.1) is 11.8 Å². The highest BCUT2D eigenvalue weighted by atomic mass is 32.2. The molecule has 6 nitrogen and oxygen atoms in total. The van der Waals surface area contributed by atoms with Crippen LogP contribution in [-0.4, -0.2) is 37.0 Å². The Labute approximate surface area is 99.0 Å². The Bertz CT molecular complexity index is 332. The van der Waals surface area contributed by atoms with Gasteiger partial charge in [0, 0.05) is 4.75 Å². The Morgan fingerprint density at radius 3 is 2.75 bits per heavy atom. The zero-order valence-electron chi connectivity index (χ0n) is 9.94. The van der Waals surface area contributed by atoms with Crippen LogP contribution in [0.3, 0.4) is 0 Å². The van der Waals surface area contributed by atoms with E-state index in [0.29, 0.717) is 11.6 Å². The molecule has 1 aromatic heterocycles. The lowest BCUT2D eigenvalue weighted by atomic mass is 10.3. The third-order valence-corrected chi connectivity index (χ3v) is 3.04. The minimum atomic E-state index is -0.216. The topological polar surface area (TPSA) is 83.6 Å². The van der Waals surface area contributed by atoms with Gasteiger partial charge in [-0.25, -0.2) is 0 Å². The highest BCUT2D eigenvalue weighted by Crippen LogP contribution is 2.22. The van der Waals surface area contributed by atoms with Gasteiger partial charge < -0.3 is 5.32 Å². The molecule has 7 heteroatoms. The van der Waals surface area contributed by atoms with Crippen LogP contribution in [0.4, 0.5) is 0 Å². The van der Waals surface area contributed by atoms with Crippen molar-refractivity contribution in [2.24, 2.45) is 0 Å². The van der Waals surface area contributed by atoms with Gasteiger partial charge in [-0.3, -0.25) is 4.79 Å². The molecule has 1 aromatic rings. The van der Waals surface area contributed by atoms with Gasteiger partial charge in [-0.2, -0.15) is 5.21 Å². The average molecular weight is 243 g/mol. The van der Waals surface area contributed by atoms with Crippen molar-refractivity contribution in [3.8, 4) is 0 Å². The molecule has 0 fully saturated rings. The molecule has 0 saturated heterocycles. The fourth-order valence-electron chi connectivity index (χ4n) is 0.983. The molecule has 16 heavy (non-hydrogen) atoms. The van der Waals surface area contributed by atoms with Crippen LogP contribution in [0.25, 0.3) is 0 Å².